The number of rotatable bonds is 5. The highest BCUT2D eigenvalue weighted by atomic mass is 79.9. The van der Waals surface area contributed by atoms with E-state index in [1.165, 1.54) is 6.07 Å². The zero-order valence-electron chi connectivity index (χ0n) is 11.0. The molecule has 0 bridgehead atoms. The van der Waals surface area contributed by atoms with E-state index in [1.54, 1.807) is 6.07 Å². The SMILES string of the molecule is CCC1CC1NS(=O)(=O)c1cc(CO)cc(C)c1Br. The van der Waals surface area contributed by atoms with Gasteiger partial charge in [-0.2, -0.15) is 0 Å². The largest absolute Gasteiger partial charge is 0.392 e. The van der Waals surface area contributed by atoms with Crippen LogP contribution in [0.4, 0.5) is 0 Å². The highest BCUT2D eigenvalue weighted by molar-refractivity contribution is 9.10. The number of sulfonamides is 1. The van der Waals surface area contributed by atoms with Crippen LogP contribution in [0, 0.1) is 12.8 Å². The van der Waals surface area contributed by atoms with E-state index >= 15 is 0 Å². The van der Waals surface area contributed by atoms with Crippen LogP contribution in [0.5, 0.6) is 0 Å². The highest BCUT2D eigenvalue weighted by Crippen LogP contribution is 2.35. The lowest BCUT2D eigenvalue weighted by Crippen LogP contribution is -2.27. The summed E-state index contributed by atoms with van der Waals surface area (Å²) in [5, 5.41) is 9.19. The van der Waals surface area contributed by atoms with E-state index in [-0.39, 0.29) is 17.5 Å². The lowest BCUT2D eigenvalue weighted by molar-refractivity contribution is 0.281. The number of halogens is 1. The van der Waals surface area contributed by atoms with Crippen molar-refractivity contribution in [1.82, 2.24) is 4.72 Å². The number of hydrogen-bond donors (Lipinski definition) is 2. The number of nitrogens with one attached hydrogen (secondary N) is 1. The summed E-state index contributed by atoms with van der Waals surface area (Å²) in [6, 6.07) is 3.35. The van der Waals surface area contributed by atoms with Crippen molar-refractivity contribution in [2.75, 3.05) is 0 Å². The van der Waals surface area contributed by atoms with Crippen molar-refractivity contribution in [3.05, 3.63) is 27.7 Å². The first-order valence-electron chi connectivity index (χ1n) is 6.31. The highest BCUT2D eigenvalue weighted by Gasteiger charge is 2.39. The van der Waals surface area contributed by atoms with Crippen molar-refractivity contribution < 1.29 is 13.5 Å². The van der Waals surface area contributed by atoms with Crippen LogP contribution < -0.4 is 4.72 Å². The van der Waals surface area contributed by atoms with Gasteiger partial charge in [0.2, 0.25) is 10.0 Å². The Labute approximate surface area is 122 Å². The van der Waals surface area contributed by atoms with Gasteiger partial charge in [0.05, 0.1) is 11.5 Å². The predicted molar refractivity (Wildman–Crippen MR) is 77.3 cm³/mol. The summed E-state index contributed by atoms with van der Waals surface area (Å²) in [5.41, 5.74) is 1.40. The van der Waals surface area contributed by atoms with Gasteiger partial charge >= 0.3 is 0 Å². The number of hydrogen-bond acceptors (Lipinski definition) is 3. The van der Waals surface area contributed by atoms with Gasteiger partial charge in [-0.3, -0.25) is 0 Å². The van der Waals surface area contributed by atoms with E-state index in [1.807, 2.05) is 6.92 Å². The third-order valence-electron chi connectivity index (χ3n) is 3.51. The fraction of sp³-hybridized carbons (Fsp3) is 0.538. The average Bonchev–Trinajstić information content (AvgIpc) is 3.09. The first-order valence-corrected chi connectivity index (χ1v) is 8.59. The zero-order valence-corrected chi connectivity index (χ0v) is 13.4. The Hall–Kier alpha value is -0.430. The molecule has 1 aliphatic rings. The number of benzene rings is 1. The van der Waals surface area contributed by atoms with Gasteiger partial charge in [0, 0.05) is 10.5 Å². The molecule has 0 heterocycles. The van der Waals surface area contributed by atoms with Gasteiger partial charge in [0.15, 0.2) is 0 Å². The molecule has 0 aromatic heterocycles. The molecule has 2 unspecified atom stereocenters. The molecule has 2 atom stereocenters. The smallest absolute Gasteiger partial charge is 0.241 e. The topological polar surface area (TPSA) is 66.4 Å². The lowest BCUT2D eigenvalue weighted by Gasteiger charge is -2.12. The minimum atomic E-state index is -3.53. The molecule has 106 valence electrons. The van der Waals surface area contributed by atoms with Crippen LogP contribution >= 0.6 is 15.9 Å². The van der Waals surface area contributed by atoms with Gasteiger partial charge in [-0.1, -0.05) is 19.4 Å². The van der Waals surface area contributed by atoms with Crippen LogP contribution in [-0.4, -0.2) is 19.6 Å². The van der Waals surface area contributed by atoms with Crippen molar-refractivity contribution in [3.63, 3.8) is 0 Å². The van der Waals surface area contributed by atoms with Gasteiger partial charge in [-0.05, 0) is 52.4 Å². The molecule has 19 heavy (non-hydrogen) atoms. The Kier molecular flexibility index (Phi) is 4.35. The second-order valence-corrected chi connectivity index (χ2v) is 7.49. The molecule has 0 aliphatic heterocycles. The molecular formula is C13H18BrNO3S. The molecule has 1 aliphatic carbocycles. The van der Waals surface area contributed by atoms with E-state index < -0.39 is 10.0 Å². The first kappa shape index (κ1) is 15.0. The fourth-order valence-electron chi connectivity index (χ4n) is 2.20. The summed E-state index contributed by atoms with van der Waals surface area (Å²) in [7, 11) is -3.53. The van der Waals surface area contributed by atoms with E-state index in [9.17, 15) is 13.5 Å². The second-order valence-electron chi connectivity index (χ2n) is 5.01. The van der Waals surface area contributed by atoms with Gasteiger partial charge in [-0.25, -0.2) is 13.1 Å². The Morgan fingerprint density at radius 3 is 2.68 bits per heavy atom. The summed E-state index contributed by atoms with van der Waals surface area (Å²) < 4.78 is 28.0. The van der Waals surface area contributed by atoms with Crippen LogP contribution in [0.15, 0.2) is 21.5 Å². The summed E-state index contributed by atoms with van der Waals surface area (Å²) >= 11 is 3.32. The number of aliphatic hydroxyl groups is 1. The monoisotopic (exact) mass is 347 g/mol. The Morgan fingerprint density at radius 2 is 2.16 bits per heavy atom. The van der Waals surface area contributed by atoms with Gasteiger partial charge < -0.3 is 5.11 Å². The first-order chi connectivity index (χ1) is 8.89. The molecule has 1 aromatic rings. The van der Waals surface area contributed by atoms with Crippen molar-refractivity contribution in [1.29, 1.82) is 0 Å². The molecule has 6 heteroatoms. The molecule has 0 radical (unpaired) electrons. The molecule has 1 saturated carbocycles. The van der Waals surface area contributed by atoms with Gasteiger partial charge in [0.25, 0.3) is 0 Å². The van der Waals surface area contributed by atoms with Crippen LogP contribution in [0.3, 0.4) is 0 Å². The molecule has 1 aromatic carbocycles. The molecule has 2 rings (SSSR count). The number of aryl methyl sites for hydroxylation is 1. The van der Waals surface area contributed by atoms with Crippen molar-refractivity contribution in [2.24, 2.45) is 5.92 Å². The molecular weight excluding hydrogens is 330 g/mol. The van der Waals surface area contributed by atoms with Crippen molar-refractivity contribution in [2.45, 2.75) is 44.2 Å². The predicted octanol–water partition coefficient (Wildman–Crippen LogP) is 2.33. The summed E-state index contributed by atoms with van der Waals surface area (Å²) in [6.45, 7) is 3.71. The standard InChI is InChI=1S/C13H18BrNO3S/c1-3-10-6-11(10)15-19(17,18)12-5-9(7-16)4-8(2)13(12)14/h4-5,10-11,15-16H,3,6-7H2,1-2H3. The van der Waals surface area contributed by atoms with E-state index in [0.29, 0.717) is 16.0 Å². The summed E-state index contributed by atoms with van der Waals surface area (Å²) in [5.74, 6) is 0.454. The maximum atomic E-state index is 12.4. The van der Waals surface area contributed by atoms with Crippen molar-refractivity contribution >= 4 is 26.0 Å². The lowest BCUT2D eigenvalue weighted by atomic mass is 10.1. The molecule has 0 amide bonds. The zero-order chi connectivity index (χ0) is 14.2. The average molecular weight is 348 g/mol. The Morgan fingerprint density at radius 1 is 1.47 bits per heavy atom. The molecule has 0 saturated heterocycles. The third-order valence-corrected chi connectivity index (χ3v) is 6.34. The number of aliphatic hydroxyl groups excluding tert-OH is 1. The van der Waals surface area contributed by atoms with E-state index in [4.69, 9.17) is 0 Å². The van der Waals surface area contributed by atoms with Gasteiger partial charge in [-0.15, -0.1) is 0 Å². The fourth-order valence-corrected chi connectivity index (χ4v) is 4.59. The molecule has 1 fully saturated rings. The second kappa shape index (κ2) is 5.52. The quantitative estimate of drug-likeness (QED) is 0.858. The van der Waals surface area contributed by atoms with Crippen LogP contribution in [-0.2, 0) is 16.6 Å². The van der Waals surface area contributed by atoms with Crippen molar-refractivity contribution in [3.8, 4) is 0 Å². The van der Waals surface area contributed by atoms with E-state index in [0.717, 1.165) is 18.4 Å². The maximum Gasteiger partial charge on any atom is 0.241 e. The van der Waals surface area contributed by atoms with Crippen LogP contribution in [0.25, 0.3) is 0 Å². The van der Waals surface area contributed by atoms with Crippen LogP contribution in [0.1, 0.15) is 30.9 Å². The van der Waals surface area contributed by atoms with E-state index in [2.05, 4.69) is 27.6 Å². The Balaban J connectivity index is 2.32. The molecule has 0 spiro atoms. The molecule has 4 nitrogen and oxygen atoms in total. The maximum absolute atomic E-state index is 12.4. The normalized spacial score (nSPS) is 22.5. The minimum Gasteiger partial charge on any atom is -0.392 e. The summed E-state index contributed by atoms with van der Waals surface area (Å²) in [6.07, 6.45) is 1.90. The van der Waals surface area contributed by atoms with Crippen LogP contribution in [0.2, 0.25) is 0 Å². The molecule has 2 N–H and O–H groups in total. The van der Waals surface area contributed by atoms with Gasteiger partial charge in [0.1, 0.15) is 0 Å². The summed E-state index contributed by atoms with van der Waals surface area (Å²) in [4.78, 5) is 0.207. The Bertz CT molecular complexity index is 586. The third kappa shape index (κ3) is 3.18. The minimum absolute atomic E-state index is 0.0555.